The Labute approximate surface area is 170 Å². The quantitative estimate of drug-likeness (QED) is 0.616. The number of hydrogen-bond donors (Lipinski definition) is 0. The SMILES string of the molecule is CCN(c1ccccc1)S(=O)(=O)c1ccc(N2CCOC(c3ccco3)C2)nc1. The van der Waals surface area contributed by atoms with Crippen LogP contribution in [0.5, 0.6) is 0 Å². The molecule has 29 heavy (non-hydrogen) atoms. The van der Waals surface area contributed by atoms with E-state index in [2.05, 4.69) is 9.88 Å². The summed E-state index contributed by atoms with van der Waals surface area (Å²) >= 11 is 0. The molecule has 1 aromatic carbocycles. The Hall–Kier alpha value is -2.84. The molecule has 0 saturated carbocycles. The lowest BCUT2D eigenvalue weighted by molar-refractivity contribution is 0.0255. The van der Waals surface area contributed by atoms with E-state index in [1.807, 2.05) is 37.3 Å². The van der Waals surface area contributed by atoms with Crippen LogP contribution in [-0.2, 0) is 14.8 Å². The third kappa shape index (κ3) is 3.99. The molecule has 4 rings (SSSR count). The van der Waals surface area contributed by atoms with Gasteiger partial charge in [-0.25, -0.2) is 13.4 Å². The van der Waals surface area contributed by atoms with E-state index in [0.29, 0.717) is 37.7 Å². The Morgan fingerprint density at radius 1 is 1.14 bits per heavy atom. The highest BCUT2D eigenvalue weighted by atomic mass is 32.2. The molecule has 1 aliphatic rings. The maximum absolute atomic E-state index is 13.1. The highest BCUT2D eigenvalue weighted by molar-refractivity contribution is 7.92. The van der Waals surface area contributed by atoms with Gasteiger partial charge in [0.25, 0.3) is 10.0 Å². The zero-order valence-corrected chi connectivity index (χ0v) is 17.0. The second kappa shape index (κ2) is 8.26. The fraction of sp³-hybridized carbons (Fsp3) is 0.286. The molecule has 1 saturated heterocycles. The Morgan fingerprint density at radius 2 is 1.97 bits per heavy atom. The highest BCUT2D eigenvalue weighted by Gasteiger charge is 2.27. The maximum atomic E-state index is 13.1. The van der Waals surface area contributed by atoms with Crippen molar-refractivity contribution in [3.05, 3.63) is 72.8 Å². The summed E-state index contributed by atoms with van der Waals surface area (Å²) in [5, 5.41) is 0. The molecule has 0 aliphatic carbocycles. The lowest BCUT2D eigenvalue weighted by Crippen LogP contribution is -2.38. The average molecular weight is 413 g/mol. The first kappa shape index (κ1) is 19.5. The summed E-state index contributed by atoms with van der Waals surface area (Å²) in [7, 11) is -3.69. The van der Waals surface area contributed by atoms with Gasteiger partial charge in [-0.05, 0) is 43.3 Å². The van der Waals surface area contributed by atoms with Gasteiger partial charge in [-0.1, -0.05) is 18.2 Å². The smallest absolute Gasteiger partial charge is 0.265 e. The van der Waals surface area contributed by atoms with Gasteiger partial charge >= 0.3 is 0 Å². The van der Waals surface area contributed by atoms with Crippen LogP contribution in [0, 0.1) is 0 Å². The fourth-order valence-corrected chi connectivity index (χ4v) is 4.85. The van der Waals surface area contributed by atoms with Crippen molar-refractivity contribution in [2.75, 3.05) is 35.4 Å². The molecule has 0 bridgehead atoms. The predicted octanol–water partition coefficient (Wildman–Crippen LogP) is 3.47. The van der Waals surface area contributed by atoms with Gasteiger partial charge in [-0.15, -0.1) is 0 Å². The van der Waals surface area contributed by atoms with Crippen molar-refractivity contribution in [1.82, 2.24) is 4.98 Å². The first-order valence-electron chi connectivity index (χ1n) is 9.53. The molecular weight excluding hydrogens is 390 g/mol. The number of benzene rings is 1. The number of anilines is 2. The summed E-state index contributed by atoms with van der Waals surface area (Å²) in [4.78, 5) is 6.67. The van der Waals surface area contributed by atoms with E-state index >= 15 is 0 Å². The van der Waals surface area contributed by atoms with Gasteiger partial charge in [-0.3, -0.25) is 4.31 Å². The zero-order chi connectivity index (χ0) is 20.3. The van der Waals surface area contributed by atoms with E-state index in [4.69, 9.17) is 9.15 Å². The normalized spacial score (nSPS) is 17.3. The standard InChI is InChI=1S/C21H23N3O4S/c1-2-24(17-7-4-3-5-8-17)29(25,26)18-10-11-21(22-15-18)23-12-14-28-20(16-23)19-9-6-13-27-19/h3-11,13,15,20H,2,12,14,16H2,1H3. The zero-order valence-electron chi connectivity index (χ0n) is 16.1. The van der Waals surface area contributed by atoms with E-state index in [1.165, 1.54) is 10.5 Å². The summed E-state index contributed by atoms with van der Waals surface area (Å²) in [6, 6.07) is 16.2. The summed E-state index contributed by atoms with van der Waals surface area (Å²) in [5.74, 6) is 1.49. The second-order valence-electron chi connectivity index (χ2n) is 6.68. The van der Waals surface area contributed by atoms with Gasteiger partial charge in [0, 0.05) is 19.3 Å². The van der Waals surface area contributed by atoms with Crippen LogP contribution in [0.3, 0.4) is 0 Å². The van der Waals surface area contributed by atoms with Gasteiger partial charge in [0.05, 0.1) is 25.1 Å². The summed E-state index contributed by atoms with van der Waals surface area (Å²) in [6.07, 6.45) is 2.88. The molecule has 8 heteroatoms. The van der Waals surface area contributed by atoms with Crippen molar-refractivity contribution in [1.29, 1.82) is 0 Å². The van der Waals surface area contributed by atoms with Crippen LogP contribution in [0.2, 0.25) is 0 Å². The number of rotatable bonds is 6. The molecule has 3 aromatic rings. The van der Waals surface area contributed by atoms with Crippen LogP contribution < -0.4 is 9.21 Å². The van der Waals surface area contributed by atoms with Gasteiger partial charge in [-0.2, -0.15) is 0 Å². The Morgan fingerprint density at radius 3 is 2.62 bits per heavy atom. The topological polar surface area (TPSA) is 75.9 Å². The van der Waals surface area contributed by atoms with Crippen LogP contribution in [0.1, 0.15) is 18.8 Å². The number of furan rings is 1. The summed E-state index contributed by atoms with van der Waals surface area (Å²) < 4.78 is 38.8. The highest BCUT2D eigenvalue weighted by Crippen LogP contribution is 2.27. The van der Waals surface area contributed by atoms with Gasteiger partial charge in [0.1, 0.15) is 22.6 Å². The molecule has 1 fully saturated rings. The minimum atomic E-state index is -3.69. The number of pyridine rings is 1. The molecule has 0 N–H and O–H groups in total. The van der Waals surface area contributed by atoms with E-state index in [-0.39, 0.29) is 11.0 Å². The lowest BCUT2D eigenvalue weighted by atomic mass is 10.2. The van der Waals surface area contributed by atoms with Crippen molar-refractivity contribution >= 4 is 21.5 Å². The Kier molecular flexibility index (Phi) is 5.55. The maximum Gasteiger partial charge on any atom is 0.265 e. The van der Waals surface area contributed by atoms with Crippen LogP contribution in [0.4, 0.5) is 11.5 Å². The lowest BCUT2D eigenvalue weighted by Gasteiger charge is -2.32. The molecule has 1 aliphatic heterocycles. The van der Waals surface area contributed by atoms with Crippen LogP contribution in [0.15, 0.2) is 76.4 Å². The number of para-hydroxylation sites is 1. The van der Waals surface area contributed by atoms with Crippen molar-refractivity contribution < 1.29 is 17.6 Å². The molecule has 1 atom stereocenters. The van der Waals surface area contributed by atoms with Gasteiger partial charge < -0.3 is 14.1 Å². The monoisotopic (exact) mass is 413 g/mol. The molecular formula is C21H23N3O4S. The molecule has 3 heterocycles. The van der Waals surface area contributed by atoms with Crippen LogP contribution in [0.25, 0.3) is 0 Å². The van der Waals surface area contributed by atoms with Crippen LogP contribution in [-0.4, -0.2) is 39.6 Å². The third-order valence-electron chi connectivity index (χ3n) is 4.89. The van der Waals surface area contributed by atoms with E-state index in [1.54, 1.807) is 30.5 Å². The Bertz CT molecular complexity index is 1020. The third-order valence-corrected chi connectivity index (χ3v) is 6.78. The van der Waals surface area contributed by atoms with Gasteiger partial charge in [0.2, 0.25) is 0 Å². The van der Waals surface area contributed by atoms with Crippen molar-refractivity contribution in [3.8, 4) is 0 Å². The summed E-state index contributed by atoms with van der Waals surface area (Å²) in [6.45, 7) is 3.97. The molecule has 0 amide bonds. The fourth-order valence-electron chi connectivity index (χ4n) is 3.43. The molecule has 7 nitrogen and oxygen atoms in total. The number of nitrogens with zero attached hydrogens (tertiary/aromatic N) is 3. The molecule has 0 radical (unpaired) electrons. The first-order valence-corrected chi connectivity index (χ1v) is 11.0. The van der Waals surface area contributed by atoms with Crippen molar-refractivity contribution in [2.45, 2.75) is 17.9 Å². The minimum Gasteiger partial charge on any atom is -0.467 e. The van der Waals surface area contributed by atoms with E-state index in [9.17, 15) is 8.42 Å². The Balaban J connectivity index is 1.54. The largest absolute Gasteiger partial charge is 0.467 e. The number of ether oxygens (including phenoxy) is 1. The molecule has 1 unspecified atom stereocenters. The van der Waals surface area contributed by atoms with Gasteiger partial charge in [0.15, 0.2) is 0 Å². The van der Waals surface area contributed by atoms with Crippen molar-refractivity contribution in [2.24, 2.45) is 0 Å². The van der Waals surface area contributed by atoms with Crippen molar-refractivity contribution in [3.63, 3.8) is 0 Å². The average Bonchev–Trinajstić information content (AvgIpc) is 3.30. The first-order chi connectivity index (χ1) is 14.1. The number of hydrogen-bond acceptors (Lipinski definition) is 6. The second-order valence-corrected chi connectivity index (χ2v) is 8.54. The van der Waals surface area contributed by atoms with E-state index in [0.717, 1.165) is 5.76 Å². The van der Waals surface area contributed by atoms with E-state index < -0.39 is 10.0 Å². The predicted molar refractivity (Wildman–Crippen MR) is 110 cm³/mol. The molecule has 2 aromatic heterocycles. The minimum absolute atomic E-state index is 0.169. The number of morpholine rings is 1. The summed E-state index contributed by atoms with van der Waals surface area (Å²) in [5.41, 5.74) is 0.633. The molecule has 0 spiro atoms. The molecule has 152 valence electrons. The number of sulfonamides is 1. The van der Waals surface area contributed by atoms with Crippen LogP contribution >= 0.6 is 0 Å². The number of aromatic nitrogens is 1.